The average molecular weight is 382 g/mol. The molecule has 25 heavy (non-hydrogen) atoms. The van der Waals surface area contributed by atoms with Gasteiger partial charge in [0.05, 0.1) is 19.3 Å². The van der Waals surface area contributed by atoms with E-state index in [2.05, 4.69) is 9.88 Å². The lowest BCUT2D eigenvalue weighted by Crippen LogP contribution is -2.37. The lowest BCUT2D eigenvalue weighted by Gasteiger charge is -2.30. The molecule has 0 N–H and O–H groups in total. The number of esters is 1. The van der Waals surface area contributed by atoms with Gasteiger partial charge < -0.3 is 9.30 Å². The van der Waals surface area contributed by atoms with Gasteiger partial charge in [-0.3, -0.25) is 4.90 Å². The minimum atomic E-state index is -0.486. The SMILES string of the molecule is CCOC(=O)[C@H](c1ccc(Cl)cc1)N(Cc1ncc(Cl)n1C)C1CC1. The van der Waals surface area contributed by atoms with E-state index in [1.54, 1.807) is 18.3 Å². The van der Waals surface area contributed by atoms with Crippen LogP contribution in [0, 0.1) is 0 Å². The van der Waals surface area contributed by atoms with Gasteiger partial charge in [0.1, 0.15) is 17.0 Å². The summed E-state index contributed by atoms with van der Waals surface area (Å²) >= 11 is 12.1. The predicted molar refractivity (Wildman–Crippen MR) is 97.6 cm³/mol. The van der Waals surface area contributed by atoms with Crippen molar-refractivity contribution in [2.75, 3.05) is 6.61 Å². The zero-order valence-corrected chi connectivity index (χ0v) is 15.8. The molecule has 0 saturated heterocycles. The van der Waals surface area contributed by atoms with Crippen LogP contribution in [0.15, 0.2) is 30.5 Å². The molecule has 1 aromatic heterocycles. The average Bonchev–Trinajstić information content (AvgIpc) is 3.38. The number of rotatable bonds is 7. The molecule has 1 saturated carbocycles. The predicted octanol–water partition coefficient (Wildman–Crippen LogP) is 4.00. The molecular weight excluding hydrogens is 361 g/mol. The van der Waals surface area contributed by atoms with E-state index in [0.29, 0.717) is 29.4 Å². The van der Waals surface area contributed by atoms with E-state index in [1.807, 2.05) is 30.7 Å². The number of hydrogen-bond acceptors (Lipinski definition) is 4. The number of aromatic nitrogens is 2. The molecule has 5 nitrogen and oxygen atoms in total. The largest absolute Gasteiger partial charge is 0.465 e. The molecule has 0 amide bonds. The molecule has 1 fully saturated rings. The number of nitrogens with zero attached hydrogens (tertiary/aromatic N) is 3. The number of carbonyl (C=O) groups excluding carboxylic acids is 1. The van der Waals surface area contributed by atoms with Crippen molar-refractivity contribution in [1.29, 1.82) is 0 Å². The Morgan fingerprint density at radius 2 is 2.04 bits per heavy atom. The smallest absolute Gasteiger partial charge is 0.328 e. The van der Waals surface area contributed by atoms with Gasteiger partial charge in [0, 0.05) is 18.1 Å². The molecule has 1 atom stereocenters. The molecule has 1 aromatic carbocycles. The summed E-state index contributed by atoms with van der Waals surface area (Å²) in [6.45, 7) is 2.69. The molecule has 0 radical (unpaired) electrons. The maximum Gasteiger partial charge on any atom is 0.328 e. The first kappa shape index (κ1) is 18.2. The summed E-state index contributed by atoms with van der Waals surface area (Å²) < 4.78 is 7.19. The van der Waals surface area contributed by atoms with Gasteiger partial charge in [0.15, 0.2) is 0 Å². The lowest BCUT2D eigenvalue weighted by atomic mass is 10.0. The number of hydrogen-bond donors (Lipinski definition) is 0. The fourth-order valence-corrected chi connectivity index (χ4v) is 3.17. The number of benzene rings is 1. The van der Waals surface area contributed by atoms with E-state index < -0.39 is 6.04 Å². The van der Waals surface area contributed by atoms with Crippen LogP contribution in [-0.4, -0.2) is 33.1 Å². The van der Waals surface area contributed by atoms with Crippen molar-refractivity contribution in [3.05, 3.63) is 52.0 Å². The second-order valence-corrected chi connectivity index (χ2v) is 6.99. The van der Waals surface area contributed by atoms with Crippen LogP contribution in [0.1, 0.15) is 37.2 Å². The summed E-state index contributed by atoms with van der Waals surface area (Å²) in [7, 11) is 1.87. The monoisotopic (exact) mass is 381 g/mol. The molecule has 1 aliphatic rings. The van der Waals surface area contributed by atoms with Gasteiger partial charge in [-0.2, -0.15) is 0 Å². The fourth-order valence-electron chi connectivity index (χ4n) is 2.90. The Labute approximate surface area is 157 Å². The van der Waals surface area contributed by atoms with Crippen LogP contribution >= 0.6 is 23.2 Å². The zero-order chi connectivity index (χ0) is 18.0. The normalized spacial score (nSPS) is 15.4. The molecular formula is C18H21Cl2N3O2. The molecule has 0 aliphatic heterocycles. The summed E-state index contributed by atoms with van der Waals surface area (Å²) in [5.74, 6) is 0.567. The number of ether oxygens (including phenoxy) is 1. The van der Waals surface area contributed by atoms with Gasteiger partial charge in [0.25, 0.3) is 0 Å². The van der Waals surface area contributed by atoms with Crippen LogP contribution in [-0.2, 0) is 23.1 Å². The third kappa shape index (κ3) is 4.17. The zero-order valence-electron chi connectivity index (χ0n) is 14.3. The lowest BCUT2D eigenvalue weighted by molar-refractivity contribution is -0.150. The first-order valence-corrected chi connectivity index (χ1v) is 9.10. The Bertz CT molecular complexity index is 741. The summed E-state index contributed by atoms with van der Waals surface area (Å²) in [6, 6.07) is 7.20. The van der Waals surface area contributed by atoms with Crippen LogP contribution < -0.4 is 0 Å². The van der Waals surface area contributed by atoms with Crippen molar-refractivity contribution in [3.63, 3.8) is 0 Å². The van der Waals surface area contributed by atoms with Crippen molar-refractivity contribution >= 4 is 29.2 Å². The quantitative estimate of drug-likeness (QED) is 0.680. The van der Waals surface area contributed by atoms with E-state index in [1.165, 1.54) is 0 Å². The molecule has 134 valence electrons. The van der Waals surface area contributed by atoms with Gasteiger partial charge in [0.2, 0.25) is 0 Å². The Morgan fingerprint density at radius 3 is 2.56 bits per heavy atom. The highest BCUT2D eigenvalue weighted by atomic mass is 35.5. The van der Waals surface area contributed by atoms with Crippen molar-refractivity contribution in [1.82, 2.24) is 14.5 Å². The van der Waals surface area contributed by atoms with Crippen LogP contribution in [0.5, 0.6) is 0 Å². The highest BCUT2D eigenvalue weighted by molar-refractivity contribution is 6.30. The molecule has 1 aliphatic carbocycles. The molecule has 0 spiro atoms. The number of carbonyl (C=O) groups is 1. The van der Waals surface area contributed by atoms with Crippen molar-refractivity contribution in [3.8, 4) is 0 Å². The van der Waals surface area contributed by atoms with E-state index >= 15 is 0 Å². The standard InChI is InChI=1S/C18H21Cl2N3O2/c1-3-25-18(24)17(12-4-6-13(19)7-5-12)23(14-8-9-14)11-16-21-10-15(20)22(16)2/h4-7,10,14,17H,3,8-9,11H2,1-2H3/t17-/m0/s1. The third-order valence-electron chi connectivity index (χ3n) is 4.39. The Balaban J connectivity index is 1.94. The van der Waals surface area contributed by atoms with Crippen LogP contribution in [0.4, 0.5) is 0 Å². The number of imidazole rings is 1. The molecule has 3 rings (SSSR count). The highest BCUT2D eigenvalue weighted by Gasteiger charge is 2.39. The van der Waals surface area contributed by atoms with Gasteiger partial charge >= 0.3 is 5.97 Å². The maximum atomic E-state index is 12.7. The van der Waals surface area contributed by atoms with Crippen molar-refractivity contribution in [2.24, 2.45) is 7.05 Å². The minimum Gasteiger partial charge on any atom is -0.465 e. The van der Waals surface area contributed by atoms with Gasteiger partial charge in [-0.25, -0.2) is 9.78 Å². The minimum absolute atomic E-state index is 0.253. The summed E-state index contributed by atoms with van der Waals surface area (Å²) in [5, 5.41) is 1.21. The summed E-state index contributed by atoms with van der Waals surface area (Å²) in [5.41, 5.74) is 0.870. The Morgan fingerprint density at radius 1 is 1.36 bits per heavy atom. The fraction of sp³-hybridized carbons (Fsp3) is 0.444. The Kier molecular flexibility index (Phi) is 5.67. The van der Waals surface area contributed by atoms with E-state index in [9.17, 15) is 4.79 Å². The molecule has 0 unspecified atom stereocenters. The Hall–Kier alpha value is -1.56. The van der Waals surface area contributed by atoms with Crippen LogP contribution in [0.3, 0.4) is 0 Å². The molecule has 1 heterocycles. The first-order chi connectivity index (χ1) is 12.0. The third-order valence-corrected chi connectivity index (χ3v) is 5.00. The van der Waals surface area contributed by atoms with E-state index in [-0.39, 0.29) is 5.97 Å². The molecule has 0 bridgehead atoms. The first-order valence-electron chi connectivity index (χ1n) is 8.35. The second-order valence-electron chi connectivity index (χ2n) is 6.17. The summed E-state index contributed by atoms with van der Waals surface area (Å²) in [6.07, 6.45) is 3.74. The van der Waals surface area contributed by atoms with E-state index in [0.717, 1.165) is 24.2 Å². The van der Waals surface area contributed by atoms with Crippen molar-refractivity contribution in [2.45, 2.75) is 38.4 Å². The van der Waals surface area contributed by atoms with Crippen molar-refractivity contribution < 1.29 is 9.53 Å². The highest BCUT2D eigenvalue weighted by Crippen LogP contribution is 2.37. The van der Waals surface area contributed by atoms with Gasteiger partial charge in [-0.1, -0.05) is 35.3 Å². The summed E-state index contributed by atoms with van der Waals surface area (Å²) in [4.78, 5) is 19.3. The van der Waals surface area contributed by atoms with Crippen LogP contribution in [0.2, 0.25) is 10.2 Å². The van der Waals surface area contributed by atoms with Gasteiger partial charge in [-0.15, -0.1) is 0 Å². The van der Waals surface area contributed by atoms with Crippen LogP contribution in [0.25, 0.3) is 0 Å². The molecule has 2 aromatic rings. The van der Waals surface area contributed by atoms with Gasteiger partial charge in [-0.05, 0) is 37.5 Å². The second kappa shape index (κ2) is 7.77. The topological polar surface area (TPSA) is 47.4 Å². The maximum absolute atomic E-state index is 12.7. The van der Waals surface area contributed by atoms with E-state index in [4.69, 9.17) is 27.9 Å². The molecule has 7 heteroatoms. The number of halogens is 2.